The maximum atomic E-state index is 14.0. The Balaban J connectivity index is 1.73. The molecule has 0 spiro atoms. The molecule has 2 aliphatic rings. The zero-order valence-corrected chi connectivity index (χ0v) is 16.4. The van der Waals surface area contributed by atoms with Gasteiger partial charge in [-0.25, -0.2) is 4.39 Å². The third kappa shape index (κ3) is 2.29. The molecule has 2 atom stereocenters. The minimum absolute atomic E-state index is 0.0150. The van der Waals surface area contributed by atoms with E-state index in [0.29, 0.717) is 20.7 Å². The molecule has 4 rings (SSSR count). The molecule has 1 aromatic heterocycles. The maximum Gasteiger partial charge on any atom is 0.270 e. The van der Waals surface area contributed by atoms with Crippen molar-refractivity contribution in [3.63, 3.8) is 0 Å². The lowest BCUT2D eigenvalue weighted by Crippen LogP contribution is -2.49. The minimum atomic E-state index is -0.448. The summed E-state index contributed by atoms with van der Waals surface area (Å²) in [5.74, 6) is 0.0536. The molecule has 2 saturated heterocycles. The zero-order chi connectivity index (χ0) is 17.2. The van der Waals surface area contributed by atoms with E-state index in [1.807, 2.05) is 27.5 Å². The molecule has 0 radical (unpaired) electrons. The predicted octanol–water partition coefficient (Wildman–Crippen LogP) is 3.73. The first kappa shape index (κ1) is 16.6. The van der Waals surface area contributed by atoms with E-state index >= 15 is 0 Å². The molecular weight excluding hydrogens is 444 g/mol. The van der Waals surface area contributed by atoms with E-state index in [4.69, 9.17) is 11.6 Å². The maximum absolute atomic E-state index is 14.0. The number of hydrogen-bond donors (Lipinski definition) is 1. The van der Waals surface area contributed by atoms with E-state index in [2.05, 4.69) is 23.9 Å². The summed E-state index contributed by atoms with van der Waals surface area (Å²) in [6, 6.07) is 3.35. The van der Waals surface area contributed by atoms with Crippen molar-refractivity contribution in [3.8, 4) is 0 Å². The van der Waals surface area contributed by atoms with Gasteiger partial charge in [0.2, 0.25) is 0 Å². The number of aromatic amines is 1. The fourth-order valence-corrected chi connectivity index (χ4v) is 5.44. The van der Waals surface area contributed by atoms with Crippen molar-refractivity contribution in [2.24, 2.45) is 5.92 Å². The standard InChI is InChI=1S/C17H18ClFIN3O/c1-17-8-22(2)7-10(17)3-4-23(17)16(24)12-6-9-5-11(18)13(19)14(20)15(9)21-12/h5-6,10,21H,3-4,7-8H2,1-2H3/t10-,17+/m1/s1. The van der Waals surface area contributed by atoms with Crippen LogP contribution in [0.3, 0.4) is 0 Å². The number of likely N-dealkylation sites (tertiary alicyclic amines) is 2. The Morgan fingerprint density at radius 1 is 1.50 bits per heavy atom. The number of H-pyrrole nitrogens is 1. The fourth-order valence-electron chi connectivity index (χ4n) is 4.34. The van der Waals surface area contributed by atoms with E-state index in [-0.39, 0.29) is 16.5 Å². The van der Waals surface area contributed by atoms with Gasteiger partial charge in [-0.1, -0.05) is 11.6 Å². The van der Waals surface area contributed by atoms with Gasteiger partial charge in [0, 0.05) is 25.0 Å². The van der Waals surface area contributed by atoms with Crippen molar-refractivity contribution in [3.05, 3.63) is 32.2 Å². The number of fused-ring (bicyclic) bond motifs is 2. The van der Waals surface area contributed by atoms with E-state index in [0.717, 1.165) is 31.4 Å². The molecule has 3 heterocycles. The Hall–Kier alpha value is -0.860. The second-order valence-corrected chi connectivity index (χ2v) is 8.62. The molecule has 0 aliphatic carbocycles. The van der Waals surface area contributed by atoms with Crippen LogP contribution >= 0.6 is 34.2 Å². The second-order valence-electron chi connectivity index (χ2n) is 7.13. The summed E-state index contributed by atoms with van der Waals surface area (Å²) in [6.07, 6.45) is 1.03. The third-order valence-electron chi connectivity index (χ3n) is 5.55. The highest BCUT2D eigenvalue weighted by Gasteiger charge is 2.52. The molecule has 0 saturated carbocycles. The van der Waals surface area contributed by atoms with Gasteiger partial charge in [-0.2, -0.15) is 0 Å². The number of carbonyl (C=O) groups excluding carboxylic acids is 1. The van der Waals surface area contributed by atoms with Gasteiger partial charge in [0.05, 0.1) is 19.6 Å². The molecule has 1 amide bonds. The lowest BCUT2D eigenvalue weighted by Gasteiger charge is -2.34. The van der Waals surface area contributed by atoms with Crippen molar-refractivity contribution < 1.29 is 9.18 Å². The van der Waals surface area contributed by atoms with Crippen LogP contribution in [0.25, 0.3) is 10.9 Å². The summed E-state index contributed by atoms with van der Waals surface area (Å²) in [5.41, 5.74) is 1.01. The first-order chi connectivity index (χ1) is 11.3. The van der Waals surface area contributed by atoms with Crippen molar-refractivity contribution in [1.82, 2.24) is 14.8 Å². The first-order valence-electron chi connectivity index (χ1n) is 7.98. The molecular formula is C17H18ClFIN3O. The van der Waals surface area contributed by atoms with Crippen molar-refractivity contribution >= 4 is 51.0 Å². The number of nitrogens with one attached hydrogen (secondary N) is 1. The normalized spacial score (nSPS) is 27.2. The smallest absolute Gasteiger partial charge is 0.270 e. The highest BCUT2D eigenvalue weighted by atomic mass is 127. The molecule has 0 bridgehead atoms. The Morgan fingerprint density at radius 2 is 2.25 bits per heavy atom. The van der Waals surface area contributed by atoms with Gasteiger partial charge in [0.25, 0.3) is 5.91 Å². The van der Waals surface area contributed by atoms with E-state index in [9.17, 15) is 9.18 Å². The molecule has 2 aromatic rings. The highest BCUT2D eigenvalue weighted by Crippen LogP contribution is 2.41. The summed E-state index contributed by atoms with van der Waals surface area (Å²) in [6.45, 7) is 4.87. The first-order valence-corrected chi connectivity index (χ1v) is 9.43. The Bertz CT molecular complexity index is 854. The number of aromatic nitrogens is 1. The lowest BCUT2D eigenvalue weighted by atomic mass is 9.90. The van der Waals surface area contributed by atoms with Gasteiger partial charge in [0.1, 0.15) is 5.69 Å². The monoisotopic (exact) mass is 461 g/mol. The SMILES string of the molecule is CN1C[C@H]2CCN(C(=O)c3cc4cc(Cl)c(F)c(I)c4[nH]3)[C@@]2(C)C1. The van der Waals surface area contributed by atoms with Gasteiger partial charge in [-0.05, 0) is 61.0 Å². The number of benzene rings is 1. The molecule has 2 aliphatic heterocycles. The molecule has 1 N–H and O–H groups in total. The van der Waals surface area contributed by atoms with Gasteiger partial charge < -0.3 is 14.8 Å². The molecule has 4 nitrogen and oxygen atoms in total. The zero-order valence-electron chi connectivity index (χ0n) is 13.5. The van der Waals surface area contributed by atoms with Crippen LogP contribution in [0, 0.1) is 15.3 Å². The summed E-state index contributed by atoms with van der Waals surface area (Å²) in [5, 5.41) is 0.842. The summed E-state index contributed by atoms with van der Waals surface area (Å²) in [4.78, 5) is 20.5. The molecule has 128 valence electrons. The largest absolute Gasteiger partial charge is 0.350 e. The van der Waals surface area contributed by atoms with Crippen LogP contribution in [-0.4, -0.2) is 52.9 Å². The van der Waals surface area contributed by atoms with Gasteiger partial charge in [-0.3, -0.25) is 4.79 Å². The second kappa shape index (κ2) is 5.57. The molecule has 2 fully saturated rings. The van der Waals surface area contributed by atoms with Crippen LogP contribution in [0.1, 0.15) is 23.8 Å². The van der Waals surface area contributed by atoms with Crippen molar-refractivity contribution in [1.29, 1.82) is 0 Å². The van der Waals surface area contributed by atoms with Crippen LogP contribution in [-0.2, 0) is 0 Å². The van der Waals surface area contributed by atoms with Gasteiger partial charge in [0.15, 0.2) is 5.82 Å². The Kier molecular flexibility index (Phi) is 3.85. The topological polar surface area (TPSA) is 39.3 Å². The number of likely N-dealkylation sites (N-methyl/N-ethyl adjacent to an activating group) is 1. The van der Waals surface area contributed by atoms with E-state index in [1.165, 1.54) is 0 Å². The summed E-state index contributed by atoms with van der Waals surface area (Å²) < 4.78 is 14.4. The van der Waals surface area contributed by atoms with E-state index < -0.39 is 5.82 Å². The highest BCUT2D eigenvalue weighted by molar-refractivity contribution is 14.1. The fraction of sp³-hybridized carbons (Fsp3) is 0.471. The number of hydrogen-bond acceptors (Lipinski definition) is 2. The lowest BCUT2D eigenvalue weighted by molar-refractivity contribution is 0.0600. The quantitative estimate of drug-likeness (QED) is 0.519. The summed E-state index contributed by atoms with van der Waals surface area (Å²) in [7, 11) is 2.10. The molecule has 24 heavy (non-hydrogen) atoms. The van der Waals surface area contributed by atoms with E-state index in [1.54, 1.807) is 12.1 Å². The van der Waals surface area contributed by atoms with Crippen LogP contribution in [0.4, 0.5) is 4.39 Å². The average Bonchev–Trinajstić information content (AvgIpc) is 3.14. The molecule has 0 unspecified atom stereocenters. The van der Waals surface area contributed by atoms with Crippen LogP contribution in [0.15, 0.2) is 12.1 Å². The van der Waals surface area contributed by atoms with Gasteiger partial charge in [-0.15, -0.1) is 0 Å². The Morgan fingerprint density at radius 3 is 3.00 bits per heavy atom. The summed E-state index contributed by atoms with van der Waals surface area (Å²) >= 11 is 7.85. The number of rotatable bonds is 1. The molecule has 7 heteroatoms. The predicted molar refractivity (Wildman–Crippen MR) is 101 cm³/mol. The average molecular weight is 462 g/mol. The van der Waals surface area contributed by atoms with Crippen molar-refractivity contribution in [2.45, 2.75) is 18.9 Å². The van der Waals surface area contributed by atoms with Crippen LogP contribution in [0.2, 0.25) is 5.02 Å². The van der Waals surface area contributed by atoms with Crippen LogP contribution < -0.4 is 0 Å². The van der Waals surface area contributed by atoms with Crippen molar-refractivity contribution in [2.75, 3.05) is 26.7 Å². The number of carbonyl (C=O) groups is 1. The number of nitrogens with zero attached hydrogens (tertiary/aromatic N) is 2. The number of amides is 1. The minimum Gasteiger partial charge on any atom is -0.350 e. The number of halogens is 3. The molecule has 1 aromatic carbocycles. The van der Waals surface area contributed by atoms with Crippen LogP contribution in [0.5, 0.6) is 0 Å². The Labute approximate surface area is 158 Å². The van der Waals surface area contributed by atoms with Gasteiger partial charge >= 0.3 is 0 Å². The third-order valence-corrected chi connectivity index (χ3v) is 6.84.